The fourth-order valence-corrected chi connectivity index (χ4v) is 4.02. The molecule has 0 radical (unpaired) electrons. The number of urea groups is 1. The first-order valence-corrected chi connectivity index (χ1v) is 11.0. The minimum atomic E-state index is -0.466. The molecule has 172 valence electrons. The fraction of sp³-hybridized carbons (Fsp3) is 0.440. The van der Waals surface area contributed by atoms with Crippen molar-refractivity contribution < 1.29 is 23.8 Å². The molecule has 3 rings (SSSR count). The zero-order valence-electron chi connectivity index (χ0n) is 19.5. The molecule has 0 bridgehead atoms. The lowest BCUT2D eigenvalue weighted by Gasteiger charge is -2.37. The average Bonchev–Trinajstić information content (AvgIpc) is 2.77. The summed E-state index contributed by atoms with van der Waals surface area (Å²) in [6, 6.07) is 8.96. The standard InChI is InChI=1S/C25H32N2O5/c1-6-31-22-13-18-11-12-27(25(29)26-20-10-8-9-16(3)17(20)4)21(15-24(28)30-5)19(18)14-23(22)32-7-2/h8-10,13-14,21H,6-7,11-12,15H2,1-5H3,(H,26,29)/t21-/m0/s1. The normalized spacial score (nSPS) is 15.0. The number of esters is 1. The second-order valence-electron chi connectivity index (χ2n) is 7.78. The van der Waals surface area contributed by atoms with E-state index in [4.69, 9.17) is 14.2 Å². The number of hydrogen-bond donors (Lipinski definition) is 1. The van der Waals surface area contributed by atoms with Crippen LogP contribution in [0, 0.1) is 13.8 Å². The molecule has 0 aromatic heterocycles. The SMILES string of the molecule is CCOc1cc2c(cc1OCC)[C@H](CC(=O)OC)N(C(=O)Nc1cccc(C)c1C)CC2. The Morgan fingerprint density at radius 2 is 1.78 bits per heavy atom. The van der Waals surface area contributed by atoms with Gasteiger partial charge in [-0.05, 0) is 74.6 Å². The molecule has 0 aliphatic carbocycles. The Morgan fingerprint density at radius 3 is 2.44 bits per heavy atom. The van der Waals surface area contributed by atoms with Crippen molar-refractivity contribution in [2.75, 3.05) is 32.2 Å². The van der Waals surface area contributed by atoms with E-state index in [0.29, 0.717) is 37.7 Å². The van der Waals surface area contributed by atoms with E-state index in [9.17, 15) is 9.59 Å². The van der Waals surface area contributed by atoms with Crippen LogP contribution in [0.1, 0.15) is 48.6 Å². The Kier molecular flexibility index (Phi) is 7.62. The maximum Gasteiger partial charge on any atom is 0.322 e. The number of carbonyl (C=O) groups is 2. The molecule has 0 saturated heterocycles. The molecule has 0 unspecified atom stereocenters. The number of rotatable bonds is 7. The van der Waals surface area contributed by atoms with Crippen molar-refractivity contribution in [1.82, 2.24) is 4.90 Å². The van der Waals surface area contributed by atoms with Crippen LogP contribution < -0.4 is 14.8 Å². The van der Waals surface area contributed by atoms with Gasteiger partial charge in [-0.1, -0.05) is 12.1 Å². The number of methoxy groups -OCH3 is 1. The van der Waals surface area contributed by atoms with Gasteiger partial charge in [-0.25, -0.2) is 4.79 Å². The molecular formula is C25H32N2O5. The summed E-state index contributed by atoms with van der Waals surface area (Å²) in [5, 5.41) is 3.02. The van der Waals surface area contributed by atoms with Crippen LogP contribution in [0.5, 0.6) is 11.5 Å². The molecule has 2 aromatic carbocycles. The molecule has 0 fully saturated rings. The van der Waals surface area contributed by atoms with Gasteiger partial charge in [0.25, 0.3) is 0 Å². The summed E-state index contributed by atoms with van der Waals surface area (Å²) in [5.41, 5.74) is 4.80. The van der Waals surface area contributed by atoms with E-state index in [1.54, 1.807) is 4.90 Å². The highest BCUT2D eigenvalue weighted by Crippen LogP contribution is 2.40. The maximum absolute atomic E-state index is 13.3. The Hall–Kier alpha value is -3.22. The van der Waals surface area contributed by atoms with Gasteiger partial charge in [-0.15, -0.1) is 0 Å². The summed E-state index contributed by atoms with van der Waals surface area (Å²) in [6.45, 7) is 9.30. The number of aryl methyl sites for hydroxylation is 1. The van der Waals surface area contributed by atoms with E-state index in [-0.39, 0.29) is 18.4 Å². The van der Waals surface area contributed by atoms with Crippen LogP contribution >= 0.6 is 0 Å². The van der Waals surface area contributed by atoms with Crippen molar-refractivity contribution in [2.24, 2.45) is 0 Å². The molecule has 32 heavy (non-hydrogen) atoms. The van der Waals surface area contributed by atoms with Crippen LogP contribution in [0.4, 0.5) is 10.5 Å². The van der Waals surface area contributed by atoms with E-state index in [1.165, 1.54) is 7.11 Å². The number of carbonyl (C=O) groups excluding carboxylic acids is 2. The summed E-state index contributed by atoms with van der Waals surface area (Å²) in [7, 11) is 1.36. The third kappa shape index (κ3) is 4.98. The molecule has 7 nitrogen and oxygen atoms in total. The van der Waals surface area contributed by atoms with Crippen LogP contribution in [0.2, 0.25) is 0 Å². The van der Waals surface area contributed by atoms with Crippen molar-refractivity contribution in [3.8, 4) is 11.5 Å². The Balaban J connectivity index is 1.97. The monoisotopic (exact) mass is 440 g/mol. The van der Waals surface area contributed by atoms with E-state index in [2.05, 4.69) is 5.32 Å². The zero-order chi connectivity index (χ0) is 23.3. The van der Waals surface area contributed by atoms with Gasteiger partial charge in [-0.2, -0.15) is 0 Å². The number of nitrogens with zero attached hydrogens (tertiary/aromatic N) is 1. The van der Waals surface area contributed by atoms with Crippen molar-refractivity contribution in [3.05, 3.63) is 52.6 Å². The number of anilines is 1. The van der Waals surface area contributed by atoms with Gasteiger partial charge in [0.05, 0.1) is 32.8 Å². The minimum absolute atomic E-state index is 0.0588. The molecule has 2 amide bonds. The Bertz CT molecular complexity index is 989. The Labute approximate surface area is 189 Å². The molecule has 7 heteroatoms. The van der Waals surface area contributed by atoms with Gasteiger partial charge in [0.2, 0.25) is 0 Å². The third-order valence-corrected chi connectivity index (χ3v) is 5.86. The van der Waals surface area contributed by atoms with Crippen molar-refractivity contribution in [1.29, 1.82) is 0 Å². The number of benzene rings is 2. The highest BCUT2D eigenvalue weighted by atomic mass is 16.5. The van der Waals surface area contributed by atoms with Gasteiger partial charge in [-0.3, -0.25) is 4.79 Å². The van der Waals surface area contributed by atoms with Crippen molar-refractivity contribution in [3.63, 3.8) is 0 Å². The van der Waals surface area contributed by atoms with Crippen LogP contribution in [-0.2, 0) is 16.0 Å². The summed E-state index contributed by atoms with van der Waals surface area (Å²) in [6.07, 6.45) is 0.711. The van der Waals surface area contributed by atoms with Crippen LogP contribution in [0.25, 0.3) is 0 Å². The van der Waals surface area contributed by atoms with Gasteiger partial charge >= 0.3 is 12.0 Å². The second kappa shape index (κ2) is 10.4. The van der Waals surface area contributed by atoms with Gasteiger partial charge in [0.1, 0.15) is 0 Å². The van der Waals surface area contributed by atoms with Crippen LogP contribution in [-0.4, -0.2) is 43.8 Å². The topological polar surface area (TPSA) is 77.1 Å². The molecule has 0 spiro atoms. The first kappa shape index (κ1) is 23.4. The minimum Gasteiger partial charge on any atom is -0.490 e. The van der Waals surface area contributed by atoms with Gasteiger partial charge in [0, 0.05) is 12.2 Å². The molecule has 2 aromatic rings. The first-order valence-electron chi connectivity index (χ1n) is 11.0. The largest absolute Gasteiger partial charge is 0.490 e. The smallest absolute Gasteiger partial charge is 0.322 e. The summed E-state index contributed by atoms with van der Waals surface area (Å²) in [5.74, 6) is 0.914. The summed E-state index contributed by atoms with van der Waals surface area (Å²) < 4.78 is 16.5. The number of ether oxygens (including phenoxy) is 3. The average molecular weight is 441 g/mol. The number of nitrogens with one attached hydrogen (secondary N) is 1. The zero-order valence-corrected chi connectivity index (χ0v) is 19.5. The molecule has 1 aliphatic heterocycles. The van der Waals surface area contributed by atoms with Crippen molar-refractivity contribution in [2.45, 2.75) is 46.6 Å². The van der Waals surface area contributed by atoms with Crippen molar-refractivity contribution >= 4 is 17.7 Å². The first-order chi connectivity index (χ1) is 15.4. The maximum atomic E-state index is 13.3. The quantitative estimate of drug-likeness (QED) is 0.626. The molecule has 1 atom stereocenters. The molecule has 1 N–H and O–H groups in total. The number of hydrogen-bond acceptors (Lipinski definition) is 5. The second-order valence-corrected chi connectivity index (χ2v) is 7.78. The lowest BCUT2D eigenvalue weighted by atomic mass is 9.90. The highest BCUT2D eigenvalue weighted by Gasteiger charge is 2.34. The molecule has 1 heterocycles. The summed E-state index contributed by atoms with van der Waals surface area (Å²) in [4.78, 5) is 27.3. The van der Waals surface area contributed by atoms with E-state index >= 15 is 0 Å². The predicted octanol–water partition coefficient (Wildman–Crippen LogP) is 4.80. The van der Waals surface area contributed by atoms with E-state index in [0.717, 1.165) is 27.9 Å². The molecule has 0 saturated carbocycles. The Morgan fingerprint density at radius 1 is 1.09 bits per heavy atom. The molecule has 1 aliphatic rings. The fourth-order valence-electron chi connectivity index (χ4n) is 4.02. The van der Waals surface area contributed by atoms with Crippen LogP contribution in [0.3, 0.4) is 0 Å². The van der Waals surface area contributed by atoms with Gasteiger partial charge in [0.15, 0.2) is 11.5 Å². The number of amides is 2. The lowest BCUT2D eigenvalue weighted by molar-refractivity contribution is -0.141. The number of fused-ring (bicyclic) bond motifs is 1. The van der Waals surface area contributed by atoms with E-state index in [1.807, 2.05) is 58.0 Å². The van der Waals surface area contributed by atoms with Crippen LogP contribution in [0.15, 0.2) is 30.3 Å². The summed E-state index contributed by atoms with van der Waals surface area (Å²) >= 11 is 0. The predicted molar refractivity (Wildman–Crippen MR) is 123 cm³/mol. The lowest BCUT2D eigenvalue weighted by Crippen LogP contribution is -2.43. The van der Waals surface area contributed by atoms with Gasteiger partial charge < -0.3 is 24.4 Å². The highest BCUT2D eigenvalue weighted by molar-refractivity contribution is 5.91. The van der Waals surface area contributed by atoms with E-state index < -0.39 is 6.04 Å². The molecular weight excluding hydrogens is 408 g/mol. The third-order valence-electron chi connectivity index (χ3n) is 5.86.